The Balaban J connectivity index is 2.08. The molecule has 6 nitrogen and oxygen atoms in total. The van der Waals surface area contributed by atoms with E-state index in [0.717, 1.165) is 4.47 Å². The van der Waals surface area contributed by atoms with Crippen LogP contribution in [0.25, 0.3) is 0 Å². The molecule has 2 rings (SSSR count). The van der Waals surface area contributed by atoms with E-state index in [4.69, 9.17) is 10.5 Å². The maximum atomic E-state index is 11.9. The van der Waals surface area contributed by atoms with Gasteiger partial charge in [0, 0.05) is 11.9 Å². The monoisotopic (exact) mass is 324 g/mol. The molecule has 100 valence electrons. The maximum absolute atomic E-state index is 11.9. The maximum Gasteiger partial charge on any atom is 0.246 e. The number of nitrogens with zero attached hydrogens (tertiary/aromatic N) is 2. The molecule has 2 aromatic rings. The van der Waals surface area contributed by atoms with Crippen LogP contribution >= 0.6 is 15.9 Å². The number of carbonyl (C=O) groups excluding carboxylic acids is 1. The first-order chi connectivity index (χ1) is 9.08. The number of carbonyl (C=O) groups is 1. The molecule has 0 aliphatic carbocycles. The number of amides is 1. The van der Waals surface area contributed by atoms with E-state index in [1.54, 1.807) is 30.6 Å². The average Bonchev–Trinajstić information content (AvgIpc) is 2.75. The van der Waals surface area contributed by atoms with E-state index in [0.29, 0.717) is 17.1 Å². The summed E-state index contributed by atoms with van der Waals surface area (Å²) in [4.78, 5) is 11.9. The standard InChI is InChI=1S/C12H13BrN4O2/c1-19-11-3-2-9(14)4-10(11)16-12(18)7-17-6-8(13)5-15-17/h2-6H,7,14H2,1H3,(H,16,18). The second-order valence-corrected chi connectivity index (χ2v) is 4.78. The molecule has 0 fully saturated rings. The zero-order chi connectivity index (χ0) is 13.8. The molecule has 1 heterocycles. The lowest BCUT2D eigenvalue weighted by molar-refractivity contribution is -0.116. The molecule has 0 bridgehead atoms. The minimum Gasteiger partial charge on any atom is -0.495 e. The first-order valence-electron chi connectivity index (χ1n) is 5.50. The molecule has 0 spiro atoms. The molecule has 19 heavy (non-hydrogen) atoms. The van der Waals surface area contributed by atoms with Gasteiger partial charge in [-0.15, -0.1) is 0 Å². The molecule has 0 saturated heterocycles. The molecular weight excluding hydrogens is 312 g/mol. The van der Waals surface area contributed by atoms with Crippen LogP contribution < -0.4 is 15.8 Å². The first kappa shape index (κ1) is 13.4. The van der Waals surface area contributed by atoms with Crippen molar-refractivity contribution in [2.75, 3.05) is 18.2 Å². The van der Waals surface area contributed by atoms with Crippen molar-refractivity contribution < 1.29 is 9.53 Å². The van der Waals surface area contributed by atoms with Gasteiger partial charge in [-0.05, 0) is 34.1 Å². The van der Waals surface area contributed by atoms with Gasteiger partial charge < -0.3 is 15.8 Å². The Morgan fingerprint density at radius 3 is 3.00 bits per heavy atom. The molecule has 1 aromatic carbocycles. The molecule has 0 atom stereocenters. The molecule has 3 N–H and O–H groups in total. The van der Waals surface area contributed by atoms with E-state index in [2.05, 4.69) is 26.3 Å². The van der Waals surface area contributed by atoms with Crippen LogP contribution in [0.3, 0.4) is 0 Å². The molecule has 0 saturated carbocycles. The van der Waals surface area contributed by atoms with Crippen LogP contribution in [0, 0.1) is 0 Å². The summed E-state index contributed by atoms with van der Waals surface area (Å²) < 4.78 is 7.50. The summed E-state index contributed by atoms with van der Waals surface area (Å²) in [6, 6.07) is 5.06. The Kier molecular flexibility index (Phi) is 4.06. The SMILES string of the molecule is COc1ccc(N)cc1NC(=O)Cn1cc(Br)cn1. The summed E-state index contributed by atoms with van der Waals surface area (Å²) in [5, 5.41) is 6.75. The van der Waals surface area contributed by atoms with Crippen LogP contribution in [0.2, 0.25) is 0 Å². The molecular formula is C12H13BrN4O2. The van der Waals surface area contributed by atoms with Crippen molar-refractivity contribution in [3.8, 4) is 5.75 Å². The summed E-state index contributed by atoms with van der Waals surface area (Å²) in [5.41, 5.74) is 6.78. The Hall–Kier alpha value is -2.02. The number of rotatable bonds is 4. The zero-order valence-corrected chi connectivity index (χ0v) is 11.8. The van der Waals surface area contributed by atoms with Crippen molar-refractivity contribution in [1.29, 1.82) is 0 Å². The second kappa shape index (κ2) is 5.75. The predicted molar refractivity (Wildman–Crippen MR) is 76.0 cm³/mol. The van der Waals surface area contributed by atoms with Gasteiger partial charge in [-0.2, -0.15) is 5.10 Å². The molecule has 7 heteroatoms. The number of nitrogens with two attached hydrogens (primary N) is 1. The van der Waals surface area contributed by atoms with Crippen LogP contribution in [0.5, 0.6) is 5.75 Å². The minimum absolute atomic E-state index is 0.115. The van der Waals surface area contributed by atoms with E-state index in [1.807, 2.05) is 0 Å². The number of hydrogen-bond donors (Lipinski definition) is 2. The Bertz CT molecular complexity index is 597. The van der Waals surface area contributed by atoms with Gasteiger partial charge in [-0.25, -0.2) is 0 Å². The Labute approximate surface area is 118 Å². The van der Waals surface area contributed by atoms with Gasteiger partial charge in [0.05, 0.1) is 23.5 Å². The molecule has 0 aliphatic rings. The average molecular weight is 325 g/mol. The van der Waals surface area contributed by atoms with Crippen molar-refractivity contribution in [3.63, 3.8) is 0 Å². The smallest absolute Gasteiger partial charge is 0.246 e. The number of hydrogen-bond acceptors (Lipinski definition) is 4. The van der Waals surface area contributed by atoms with Gasteiger partial charge >= 0.3 is 0 Å². The first-order valence-corrected chi connectivity index (χ1v) is 6.29. The van der Waals surface area contributed by atoms with Crippen molar-refractivity contribution in [1.82, 2.24) is 9.78 Å². The minimum atomic E-state index is -0.209. The third-order valence-corrected chi connectivity index (χ3v) is 2.81. The third-order valence-electron chi connectivity index (χ3n) is 2.40. The topological polar surface area (TPSA) is 82.2 Å². The Morgan fingerprint density at radius 2 is 2.37 bits per heavy atom. The van der Waals surface area contributed by atoms with Crippen molar-refractivity contribution in [2.24, 2.45) is 0 Å². The molecule has 0 unspecified atom stereocenters. The third kappa shape index (κ3) is 3.47. The van der Waals surface area contributed by atoms with E-state index in [1.165, 1.54) is 11.8 Å². The van der Waals surface area contributed by atoms with Gasteiger partial charge in [0.2, 0.25) is 5.91 Å². The van der Waals surface area contributed by atoms with Crippen LogP contribution in [-0.2, 0) is 11.3 Å². The van der Waals surface area contributed by atoms with Crippen molar-refractivity contribution in [3.05, 3.63) is 35.1 Å². The summed E-state index contributed by atoms with van der Waals surface area (Å²) in [6.07, 6.45) is 3.34. The molecule has 0 aliphatic heterocycles. The summed E-state index contributed by atoms with van der Waals surface area (Å²) in [6.45, 7) is 0.115. The van der Waals surface area contributed by atoms with E-state index in [9.17, 15) is 4.79 Å². The quantitative estimate of drug-likeness (QED) is 0.841. The number of halogens is 1. The molecule has 1 aromatic heterocycles. The van der Waals surface area contributed by atoms with Gasteiger partial charge in [-0.3, -0.25) is 9.48 Å². The highest BCUT2D eigenvalue weighted by Gasteiger charge is 2.09. The summed E-state index contributed by atoms with van der Waals surface area (Å²) in [5.74, 6) is 0.351. The number of nitrogen functional groups attached to an aromatic ring is 1. The van der Waals surface area contributed by atoms with Crippen LogP contribution in [0.1, 0.15) is 0 Å². The number of nitrogens with one attached hydrogen (secondary N) is 1. The fourth-order valence-corrected chi connectivity index (χ4v) is 1.91. The lowest BCUT2D eigenvalue weighted by Crippen LogP contribution is -2.19. The highest BCUT2D eigenvalue weighted by Crippen LogP contribution is 2.26. The molecule has 0 radical (unpaired) electrons. The number of aromatic nitrogens is 2. The largest absolute Gasteiger partial charge is 0.495 e. The lowest BCUT2D eigenvalue weighted by atomic mass is 10.2. The van der Waals surface area contributed by atoms with E-state index >= 15 is 0 Å². The van der Waals surface area contributed by atoms with Crippen molar-refractivity contribution in [2.45, 2.75) is 6.54 Å². The van der Waals surface area contributed by atoms with E-state index in [-0.39, 0.29) is 12.5 Å². The predicted octanol–water partition coefficient (Wildman–Crippen LogP) is 1.88. The Morgan fingerprint density at radius 1 is 1.58 bits per heavy atom. The number of methoxy groups -OCH3 is 1. The number of ether oxygens (including phenoxy) is 1. The van der Waals surface area contributed by atoms with Crippen LogP contribution in [0.4, 0.5) is 11.4 Å². The normalized spacial score (nSPS) is 10.2. The highest BCUT2D eigenvalue weighted by atomic mass is 79.9. The van der Waals surface area contributed by atoms with Gasteiger partial charge in [0.15, 0.2) is 0 Å². The van der Waals surface area contributed by atoms with Crippen molar-refractivity contribution >= 4 is 33.2 Å². The fourth-order valence-electron chi connectivity index (χ4n) is 1.58. The number of anilines is 2. The second-order valence-electron chi connectivity index (χ2n) is 3.86. The van der Waals surface area contributed by atoms with Crippen LogP contribution in [0.15, 0.2) is 35.1 Å². The van der Waals surface area contributed by atoms with Gasteiger partial charge in [0.1, 0.15) is 12.3 Å². The van der Waals surface area contributed by atoms with Gasteiger partial charge in [-0.1, -0.05) is 0 Å². The zero-order valence-electron chi connectivity index (χ0n) is 10.3. The molecule has 1 amide bonds. The number of benzene rings is 1. The summed E-state index contributed by atoms with van der Waals surface area (Å²) >= 11 is 3.27. The fraction of sp³-hybridized carbons (Fsp3) is 0.167. The van der Waals surface area contributed by atoms with Crippen LogP contribution in [-0.4, -0.2) is 22.8 Å². The van der Waals surface area contributed by atoms with E-state index < -0.39 is 0 Å². The highest BCUT2D eigenvalue weighted by molar-refractivity contribution is 9.10. The van der Waals surface area contributed by atoms with Gasteiger partial charge in [0.25, 0.3) is 0 Å². The summed E-state index contributed by atoms with van der Waals surface area (Å²) in [7, 11) is 1.53. The lowest BCUT2D eigenvalue weighted by Gasteiger charge is -2.10.